The molecular weight excluding hydrogens is 180 g/mol. The molecule has 1 aromatic carbocycles. The van der Waals surface area contributed by atoms with Gasteiger partial charge in [-0.05, 0) is 18.1 Å². The van der Waals surface area contributed by atoms with E-state index in [1.165, 1.54) is 0 Å². The third-order valence-corrected chi connectivity index (χ3v) is 2.48. The van der Waals surface area contributed by atoms with Crippen molar-refractivity contribution in [3.8, 4) is 0 Å². The summed E-state index contributed by atoms with van der Waals surface area (Å²) in [6.07, 6.45) is 0.843. The van der Waals surface area contributed by atoms with Gasteiger partial charge in [-0.25, -0.2) is 4.79 Å². The molecular formula is C10H12N2O2. The lowest BCUT2D eigenvalue weighted by Gasteiger charge is -2.24. The SMILES string of the molecule is N[C@@H]1CCNc2c(C(=O)O)cccc21. The molecule has 1 aliphatic heterocycles. The summed E-state index contributed by atoms with van der Waals surface area (Å²) in [5.41, 5.74) is 7.76. The molecule has 14 heavy (non-hydrogen) atoms. The number of carboxylic acids is 1. The van der Waals surface area contributed by atoms with Crippen molar-refractivity contribution in [2.45, 2.75) is 12.5 Å². The standard InChI is InChI=1S/C10H12N2O2/c11-8-4-5-12-9-6(8)2-1-3-7(9)10(13)14/h1-3,8,12H,4-5,11H2,(H,13,14)/t8-/m1/s1. The normalized spacial score (nSPS) is 19.6. The average Bonchev–Trinajstić information content (AvgIpc) is 2.17. The van der Waals surface area contributed by atoms with Crippen LogP contribution in [0.5, 0.6) is 0 Å². The molecule has 0 saturated carbocycles. The minimum atomic E-state index is -0.913. The van der Waals surface area contributed by atoms with Crippen molar-refractivity contribution in [2.24, 2.45) is 5.73 Å². The fraction of sp³-hybridized carbons (Fsp3) is 0.300. The van der Waals surface area contributed by atoms with Crippen molar-refractivity contribution in [1.82, 2.24) is 0 Å². The highest BCUT2D eigenvalue weighted by molar-refractivity contribution is 5.95. The summed E-state index contributed by atoms with van der Waals surface area (Å²) < 4.78 is 0. The molecule has 2 rings (SSSR count). The second kappa shape index (κ2) is 3.31. The van der Waals surface area contributed by atoms with Crippen molar-refractivity contribution in [1.29, 1.82) is 0 Å². The molecule has 0 aromatic heterocycles. The Balaban J connectivity index is 2.55. The molecule has 4 N–H and O–H groups in total. The lowest BCUT2D eigenvalue weighted by Crippen LogP contribution is -2.24. The maximum Gasteiger partial charge on any atom is 0.337 e. The number of nitrogens with one attached hydrogen (secondary N) is 1. The van der Waals surface area contributed by atoms with Crippen LogP contribution >= 0.6 is 0 Å². The third-order valence-electron chi connectivity index (χ3n) is 2.48. The van der Waals surface area contributed by atoms with E-state index in [2.05, 4.69) is 5.32 Å². The Labute approximate surface area is 81.7 Å². The molecule has 1 aromatic rings. The van der Waals surface area contributed by atoms with E-state index in [4.69, 9.17) is 10.8 Å². The number of fused-ring (bicyclic) bond motifs is 1. The van der Waals surface area contributed by atoms with Crippen LogP contribution in [-0.2, 0) is 0 Å². The zero-order valence-corrected chi connectivity index (χ0v) is 7.66. The van der Waals surface area contributed by atoms with Crippen LogP contribution in [-0.4, -0.2) is 17.6 Å². The molecule has 0 spiro atoms. The van der Waals surface area contributed by atoms with Gasteiger partial charge < -0.3 is 16.2 Å². The fourth-order valence-corrected chi connectivity index (χ4v) is 1.76. The molecule has 1 atom stereocenters. The number of hydrogen-bond acceptors (Lipinski definition) is 3. The van der Waals surface area contributed by atoms with Gasteiger partial charge in [0.25, 0.3) is 0 Å². The molecule has 0 radical (unpaired) electrons. The van der Waals surface area contributed by atoms with E-state index in [9.17, 15) is 4.79 Å². The van der Waals surface area contributed by atoms with E-state index in [0.717, 1.165) is 18.5 Å². The molecule has 4 nitrogen and oxygen atoms in total. The van der Waals surface area contributed by atoms with Crippen LogP contribution in [0.1, 0.15) is 28.4 Å². The smallest absolute Gasteiger partial charge is 0.337 e. The summed E-state index contributed by atoms with van der Waals surface area (Å²) in [6, 6.07) is 5.14. The molecule has 1 aliphatic rings. The largest absolute Gasteiger partial charge is 0.478 e. The Morgan fingerprint density at radius 1 is 1.57 bits per heavy atom. The van der Waals surface area contributed by atoms with E-state index < -0.39 is 5.97 Å². The van der Waals surface area contributed by atoms with Crippen LogP contribution in [0.4, 0.5) is 5.69 Å². The second-order valence-electron chi connectivity index (χ2n) is 3.40. The van der Waals surface area contributed by atoms with Gasteiger partial charge in [0.2, 0.25) is 0 Å². The van der Waals surface area contributed by atoms with Crippen molar-refractivity contribution < 1.29 is 9.90 Å². The van der Waals surface area contributed by atoms with Crippen molar-refractivity contribution in [3.05, 3.63) is 29.3 Å². The van der Waals surface area contributed by atoms with Crippen LogP contribution in [0.25, 0.3) is 0 Å². The van der Waals surface area contributed by atoms with Crippen LogP contribution < -0.4 is 11.1 Å². The first-order chi connectivity index (χ1) is 6.70. The number of nitrogens with two attached hydrogens (primary N) is 1. The monoisotopic (exact) mass is 192 g/mol. The van der Waals surface area contributed by atoms with E-state index in [-0.39, 0.29) is 6.04 Å². The van der Waals surface area contributed by atoms with Crippen LogP contribution in [0.15, 0.2) is 18.2 Å². The van der Waals surface area contributed by atoms with Crippen LogP contribution in [0.3, 0.4) is 0 Å². The minimum absolute atomic E-state index is 0.0504. The topological polar surface area (TPSA) is 75.3 Å². The second-order valence-corrected chi connectivity index (χ2v) is 3.40. The summed E-state index contributed by atoms with van der Waals surface area (Å²) in [5.74, 6) is -0.913. The predicted octanol–water partition coefficient (Wildman–Crippen LogP) is 1.20. The number of rotatable bonds is 1. The molecule has 0 bridgehead atoms. The summed E-state index contributed by atoms with van der Waals surface area (Å²) in [4.78, 5) is 10.9. The van der Waals surface area contributed by atoms with Gasteiger partial charge in [-0.15, -0.1) is 0 Å². The highest BCUT2D eigenvalue weighted by atomic mass is 16.4. The predicted molar refractivity (Wildman–Crippen MR) is 53.4 cm³/mol. The highest BCUT2D eigenvalue weighted by Crippen LogP contribution is 2.30. The molecule has 0 unspecified atom stereocenters. The Morgan fingerprint density at radius 3 is 3.07 bits per heavy atom. The summed E-state index contributed by atoms with van der Waals surface area (Å²) in [7, 11) is 0. The van der Waals surface area contributed by atoms with Crippen LogP contribution in [0, 0.1) is 0 Å². The van der Waals surface area contributed by atoms with E-state index in [1.807, 2.05) is 6.07 Å². The molecule has 0 saturated heterocycles. The van der Waals surface area contributed by atoms with Gasteiger partial charge in [0.1, 0.15) is 0 Å². The van der Waals surface area contributed by atoms with Crippen LogP contribution in [0.2, 0.25) is 0 Å². The van der Waals surface area contributed by atoms with Crippen molar-refractivity contribution in [2.75, 3.05) is 11.9 Å². The molecule has 1 heterocycles. The molecule has 74 valence electrons. The van der Waals surface area contributed by atoms with Gasteiger partial charge in [0.15, 0.2) is 0 Å². The number of anilines is 1. The number of benzene rings is 1. The van der Waals surface area contributed by atoms with Gasteiger partial charge in [-0.1, -0.05) is 12.1 Å². The number of aromatic carboxylic acids is 1. The first-order valence-corrected chi connectivity index (χ1v) is 4.56. The Bertz CT molecular complexity index is 376. The molecule has 0 fully saturated rings. The number of carboxylic acid groups (broad SMARTS) is 1. The number of hydrogen-bond donors (Lipinski definition) is 3. The Hall–Kier alpha value is -1.55. The quantitative estimate of drug-likeness (QED) is 0.625. The molecule has 4 heteroatoms. The molecule has 0 amide bonds. The summed E-state index contributed by atoms with van der Waals surface area (Å²) in [6.45, 7) is 0.735. The number of carbonyl (C=O) groups is 1. The van der Waals surface area contributed by atoms with Gasteiger partial charge >= 0.3 is 5.97 Å². The maximum atomic E-state index is 10.9. The third kappa shape index (κ3) is 1.33. The number of para-hydroxylation sites is 1. The van der Waals surface area contributed by atoms with Gasteiger partial charge in [0.05, 0.1) is 11.3 Å². The maximum absolute atomic E-state index is 10.9. The van der Waals surface area contributed by atoms with Crippen molar-refractivity contribution in [3.63, 3.8) is 0 Å². The fourth-order valence-electron chi connectivity index (χ4n) is 1.76. The van der Waals surface area contributed by atoms with Gasteiger partial charge in [-0.2, -0.15) is 0 Å². The highest BCUT2D eigenvalue weighted by Gasteiger charge is 2.21. The average molecular weight is 192 g/mol. The Morgan fingerprint density at radius 2 is 2.36 bits per heavy atom. The Kier molecular flexibility index (Phi) is 2.13. The van der Waals surface area contributed by atoms with Gasteiger partial charge in [0, 0.05) is 12.6 Å². The molecule has 0 aliphatic carbocycles. The zero-order valence-electron chi connectivity index (χ0n) is 7.66. The summed E-state index contributed by atoms with van der Waals surface area (Å²) in [5, 5.41) is 12.0. The minimum Gasteiger partial charge on any atom is -0.478 e. The lowest BCUT2D eigenvalue weighted by atomic mass is 9.95. The van der Waals surface area contributed by atoms with E-state index in [1.54, 1.807) is 12.1 Å². The van der Waals surface area contributed by atoms with E-state index >= 15 is 0 Å². The van der Waals surface area contributed by atoms with E-state index in [0.29, 0.717) is 11.3 Å². The first kappa shape index (κ1) is 9.02. The first-order valence-electron chi connectivity index (χ1n) is 4.56. The van der Waals surface area contributed by atoms with Crippen molar-refractivity contribution >= 4 is 11.7 Å². The van der Waals surface area contributed by atoms with Gasteiger partial charge in [-0.3, -0.25) is 0 Å². The zero-order chi connectivity index (χ0) is 10.1. The summed E-state index contributed by atoms with van der Waals surface area (Å²) >= 11 is 0. The lowest BCUT2D eigenvalue weighted by molar-refractivity contribution is 0.0697.